The molecule has 1 atom stereocenters. The van der Waals surface area contributed by atoms with Gasteiger partial charge in [-0.3, -0.25) is 0 Å². The lowest BCUT2D eigenvalue weighted by Gasteiger charge is -2.24. The van der Waals surface area contributed by atoms with Gasteiger partial charge in [-0.2, -0.15) is 4.98 Å². The van der Waals surface area contributed by atoms with Crippen LogP contribution in [0.3, 0.4) is 0 Å². The molecule has 3 heteroatoms. The Morgan fingerprint density at radius 3 is 2.76 bits per heavy atom. The fourth-order valence-electron chi connectivity index (χ4n) is 3.26. The fraction of sp³-hybridized carbons (Fsp3) is 0.278. The number of rotatable bonds is 2. The van der Waals surface area contributed by atoms with Crippen LogP contribution in [0.25, 0.3) is 11.1 Å². The van der Waals surface area contributed by atoms with Gasteiger partial charge in [0.05, 0.1) is 6.04 Å². The van der Waals surface area contributed by atoms with Crippen molar-refractivity contribution >= 4 is 17.1 Å². The first-order valence-electron chi connectivity index (χ1n) is 7.51. The highest BCUT2D eigenvalue weighted by atomic mass is 16.4. The number of benzene rings is 2. The van der Waals surface area contributed by atoms with E-state index in [9.17, 15) is 0 Å². The zero-order chi connectivity index (χ0) is 14.2. The molecule has 21 heavy (non-hydrogen) atoms. The Balaban J connectivity index is 1.75. The van der Waals surface area contributed by atoms with Crippen molar-refractivity contribution in [1.82, 2.24) is 4.98 Å². The van der Waals surface area contributed by atoms with Gasteiger partial charge in [0, 0.05) is 6.54 Å². The van der Waals surface area contributed by atoms with Crippen molar-refractivity contribution in [2.45, 2.75) is 25.8 Å². The SMILES string of the molecule is Cc1ccccc1[C@@H]1CCCN1c1nc2ccccc2o1. The van der Waals surface area contributed by atoms with Gasteiger partial charge in [-0.25, -0.2) is 0 Å². The third-order valence-electron chi connectivity index (χ3n) is 4.33. The lowest BCUT2D eigenvalue weighted by molar-refractivity contribution is 0.556. The molecule has 1 fully saturated rings. The molecule has 0 radical (unpaired) electrons. The Bertz CT molecular complexity index is 744. The minimum Gasteiger partial charge on any atom is -0.423 e. The van der Waals surface area contributed by atoms with Crippen LogP contribution in [0.15, 0.2) is 52.9 Å². The van der Waals surface area contributed by atoms with Crippen LogP contribution in [0, 0.1) is 6.92 Å². The standard InChI is InChI=1S/C18H18N2O/c1-13-7-2-3-8-14(13)16-10-6-12-20(16)18-19-15-9-4-5-11-17(15)21-18/h2-5,7-9,11,16H,6,10,12H2,1H3/t16-/m0/s1. The molecule has 0 N–H and O–H groups in total. The summed E-state index contributed by atoms with van der Waals surface area (Å²) in [7, 11) is 0. The molecule has 3 aromatic rings. The van der Waals surface area contributed by atoms with Crippen molar-refractivity contribution in [3.8, 4) is 0 Å². The van der Waals surface area contributed by atoms with Crippen molar-refractivity contribution in [3.05, 3.63) is 59.7 Å². The predicted octanol–water partition coefficient (Wildman–Crippen LogP) is 4.48. The molecule has 1 aliphatic heterocycles. The average molecular weight is 278 g/mol. The van der Waals surface area contributed by atoms with Crippen LogP contribution in [0.4, 0.5) is 6.01 Å². The van der Waals surface area contributed by atoms with Crippen molar-refractivity contribution in [2.75, 3.05) is 11.4 Å². The van der Waals surface area contributed by atoms with Gasteiger partial charge in [-0.15, -0.1) is 0 Å². The van der Waals surface area contributed by atoms with Gasteiger partial charge in [0.25, 0.3) is 6.01 Å². The normalized spacial score (nSPS) is 18.5. The highest BCUT2D eigenvalue weighted by molar-refractivity contribution is 5.74. The molecule has 1 aliphatic rings. The maximum absolute atomic E-state index is 5.96. The van der Waals surface area contributed by atoms with Gasteiger partial charge in [-0.05, 0) is 43.0 Å². The fourth-order valence-corrected chi connectivity index (χ4v) is 3.26. The van der Waals surface area contributed by atoms with E-state index in [2.05, 4.69) is 41.1 Å². The molecule has 3 nitrogen and oxygen atoms in total. The lowest BCUT2D eigenvalue weighted by Crippen LogP contribution is -2.23. The number of para-hydroxylation sites is 2. The summed E-state index contributed by atoms with van der Waals surface area (Å²) >= 11 is 0. The summed E-state index contributed by atoms with van der Waals surface area (Å²) < 4.78 is 5.96. The van der Waals surface area contributed by atoms with E-state index in [1.807, 2.05) is 24.3 Å². The second-order valence-corrected chi connectivity index (χ2v) is 5.67. The highest BCUT2D eigenvalue weighted by Gasteiger charge is 2.30. The highest BCUT2D eigenvalue weighted by Crippen LogP contribution is 2.37. The van der Waals surface area contributed by atoms with Crippen LogP contribution in [-0.4, -0.2) is 11.5 Å². The average Bonchev–Trinajstić information content (AvgIpc) is 3.13. The summed E-state index contributed by atoms with van der Waals surface area (Å²) in [5.41, 5.74) is 4.52. The van der Waals surface area contributed by atoms with Gasteiger partial charge in [-0.1, -0.05) is 36.4 Å². The topological polar surface area (TPSA) is 29.3 Å². The van der Waals surface area contributed by atoms with E-state index in [1.165, 1.54) is 17.5 Å². The zero-order valence-corrected chi connectivity index (χ0v) is 12.1. The summed E-state index contributed by atoms with van der Waals surface area (Å²) in [6.45, 7) is 3.18. The second kappa shape index (κ2) is 4.92. The van der Waals surface area contributed by atoms with Gasteiger partial charge in [0.2, 0.25) is 0 Å². The Morgan fingerprint density at radius 1 is 1.10 bits per heavy atom. The number of anilines is 1. The Labute approximate surface area is 124 Å². The molecule has 0 bridgehead atoms. The molecule has 0 unspecified atom stereocenters. The van der Waals surface area contributed by atoms with Crippen LogP contribution in [0.2, 0.25) is 0 Å². The smallest absolute Gasteiger partial charge is 0.298 e. The predicted molar refractivity (Wildman–Crippen MR) is 84.5 cm³/mol. The van der Waals surface area contributed by atoms with Crippen molar-refractivity contribution in [2.24, 2.45) is 0 Å². The van der Waals surface area contributed by atoms with Crippen LogP contribution in [-0.2, 0) is 0 Å². The van der Waals surface area contributed by atoms with Crippen LogP contribution < -0.4 is 4.90 Å². The van der Waals surface area contributed by atoms with Crippen molar-refractivity contribution < 1.29 is 4.42 Å². The number of fused-ring (bicyclic) bond motifs is 1. The van der Waals surface area contributed by atoms with Gasteiger partial charge < -0.3 is 9.32 Å². The Kier molecular flexibility index (Phi) is 2.92. The van der Waals surface area contributed by atoms with E-state index >= 15 is 0 Å². The minimum absolute atomic E-state index is 0.374. The van der Waals surface area contributed by atoms with E-state index in [1.54, 1.807) is 0 Å². The summed E-state index contributed by atoms with van der Waals surface area (Å²) in [6, 6.07) is 17.7. The number of oxazole rings is 1. The van der Waals surface area contributed by atoms with Crippen LogP contribution in [0.1, 0.15) is 30.0 Å². The monoisotopic (exact) mass is 278 g/mol. The van der Waals surface area contributed by atoms with E-state index < -0.39 is 0 Å². The first-order chi connectivity index (χ1) is 10.3. The minimum atomic E-state index is 0.374. The van der Waals surface area contributed by atoms with Crippen molar-refractivity contribution in [3.63, 3.8) is 0 Å². The lowest BCUT2D eigenvalue weighted by atomic mass is 10.00. The maximum Gasteiger partial charge on any atom is 0.298 e. The van der Waals surface area contributed by atoms with E-state index in [-0.39, 0.29) is 0 Å². The summed E-state index contributed by atoms with van der Waals surface area (Å²) in [6.07, 6.45) is 2.33. The third kappa shape index (κ3) is 2.09. The summed E-state index contributed by atoms with van der Waals surface area (Å²) in [5, 5.41) is 0. The molecular formula is C18H18N2O. The van der Waals surface area contributed by atoms with Crippen LogP contribution >= 0.6 is 0 Å². The Morgan fingerprint density at radius 2 is 1.90 bits per heavy atom. The first kappa shape index (κ1) is 12.5. The second-order valence-electron chi connectivity index (χ2n) is 5.67. The largest absolute Gasteiger partial charge is 0.423 e. The van der Waals surface area contributed by atoms with Gasteiger partial charge >= 0.3 is 0 Å². The number of nitrogens with zero attached hydrogens (tertiary/aromatic N) is 2. The van der Waals surface area contributed by atoms with Crippen LogP contribution in [0.5, 0.6) is 0 Å². The summed E-state index contributed by atoms with van der Waals surface area (Å²) in [5.74, 6) is 0. The molecule has 4 rings (SSSR count). The first-order valence-corrected chi connectivity index (χ1v) is 7.51. The molecule has 0 aliphatic carbocycles. The number of aryl methyl sites for hydroxylation is 1. The van der Waals surface area contributed by atoms with Gasteiger partial charge in [0.1, 0.15) is 5.52 Å². The molecular weight excluding hydrogens is 260 g/mol. The Hall–Kier alpha value is -2.29. The van der Waals surface area contributed by atoms with E-state index in [0.29, 0.717) is 6.04 Å². The molecule has 0 spiro atoms. The molecule has 106 valence electrons. The number of hydrogen-bond acceptors (Lipinski definition) is 3. The third-order valence-corrected chi connectivity index (χ3v) is 4.33. The molecule has 0 amide bonds. The summed E-state index contributed by atoms with van der Waals surface area (Å²) in [4.78, 5) is 6.97. The van der Waals surface area contributed by atoms with E-state index in [0.717, 1.165) is 30.1 Å². The number of hydrogen-bond donors (Lipinski definition) is 0. The molecule has 0 saturated carbocycles. The van der Waals surface area contributed by atoms with E-state index in [4.69, 9.17) is 4.42 Å². The van der Waals surface area contributed by atoms with Gasteiger partial charge in [0.15, 0.2) is 5.58 Å². The molecule has 2 aromatic carbocycles. The quantitative estimate of drug-likeness (QED) is 0.692. The molecule has 1 saturated heterocycles. The maximum atomic E-state index is 5.96. The zero-order valence-electron chi connectivity index (χ0n) is 12.1. The molecule has 2 heterocycles. The number of aromatic nitrogens is 1. The van der Waals surface area contributed by atoms with Crippen molar-refractivity contribution in [1.29, 1.82) is 0 Å². The molecule has 1 aromatic heterocycles.